The molecule has 0 radical (unpaired) electrons. The van der Waals surface area contributed by atoms with Gasteiger partial charge in [0.2, 0.25) is 15.9 Å². The van der Waals surface area contributed by atoms with Crippen molar-refractivity contribution in [3.8, 4) is 0 Å². The summed E-state index contributed by atoms with van der Waals surface area (Å²) >= 11 is 1.36. The second-order valence-electron chi connectivity index (χ2n) is 10.3. The fraction of sp³-hybridized carbons (Fsp3) is 0.556. The van der Waals surface area contributed by atoms with Crippen LogP contribution in [0.3, 0.4) is 0 Å². The molecule has 2 amide bonds. The van der Waals surface area contributed by atoms with Crippen molar-refractivity contribution in [3.05, 3.63) is 40.9 Å². The molecular formula is C27H38N6O7S2. The van der Waals surface area contributed by atoms with Gasteiger partial charge in [-0.3, -0.25) is 19.8 Å². The third-order valence-electron chi connectivity index (χ3n) is 7.11. The molecule has 2 fully saturated rings. The monoisotopic (exact) mass is 622 g/mol. The van der Waals surface area contributed by atoms with Gasteiger partial charge in [0.05, 0.1) is 24.7 Å². The van der Waals surface area contributed by atoms with Crippen molar-refractivity contribution in [2.24, 2.45) is 5.16 Å². The number of nitrogens with one attached hydrogen (secondary N) is 1. The van der Waals surface area contributed by atoms with E-state index < -0.39 is 15.9 Å². The zero-order chi connectivity index (χ0) is 30.3. The highest BCUT2D eigenvalue weighted by atomic mass is 32.2. The Balaban J connectivity index is 1.46. The number of likely N-dealkylation sites (N-methyl/N-ethyl adjacent to an activating group) is 1. The molecule has 4 rings (SSSR count). The van der Waals surface area contributed by atoms with Crippen molar-refractivity contribution in [3.63, 3.8) is 0 Å². The van der Waals surface area contributed by atoms with Crippen LogP contribution >= 0.6 is 11.3 Å². The van der Waals surface area contributed by atoms with Gasteiger partial charge < -0.3 is 19.2 Å². The van der Waals surface area contributed by atoms with E-state index in [1.807, 2.05) is 11.8 Å². The number of rotatable bonds is 12. The first-order valence-corrected chi connectivity index (χ1v) is 16.0. The summed E-state index contributed by atoms with van der Waals surface area (Å²) < 4.78 is 37.3. The average Bonchev–Trinajstić information content (AvgIpc) is 3.64. The predicted molar refractivity (Wildman–Crippen MR) is 158 cm³/mol. The zero-order valence-electron chi connectivity index (χ0n) is 24.3. The first-order valence-electron chi connectivity index (χ1n) is 13.7. The summed E-state index contributed by atoms with van der Waals surface area (Å²) in [5.41, 5.74) is 0.378. The number of ether oxygens (including phenoxy) is 2. The van der Waals surface area contributed by atoms with Crippen LogP contribution in [0.15, 0.2) is 40.5 Å². The number of carbonyl (C=O) groups excluding carboxylic acids is 2. The maximum atomic E-state index is 13.4. The van der Waals surface area contributed by atoms with E-state index in [1.165, 1.54) is 54.1 Å². The topological polar surface area (TPSA) is 143 Å². The lowest BCUT2D eigenvalue weighted by Gasteiger charge is -2.39. The Kier molecular flexibility index (Phi) is 11.0. The van der Waals surface area contributed by atoms with Gasteiger partial charge in [0.25, 0.3) is 5.91 Å². The van der Waals surface area contributed by atoms with Crippen LogP contribution < -0.4 is 5.32 Å². The molecule has 2 saturated heterocycles. The molecule has 0 unspecified atom stereocenters. The van der Waals surface area contributed by atoms with Crippen LogP contribution in [0.4, 0.5) is 5.13 Å². The quantitative estimate of drug-likeness (QED) is 0.276. The molecule has 0 saturated carbocycles. The lowest BCUT2D eigenvalue weighted by atomic mass is 10.1. The lowest BCUT2D eigenvalue weighted by Crippen LogP contribution is -2.52. The van der Waals surface area contributed by atoms with Crippen LogP contribution in [-0.2, 0) is 40.5 Å². The summed E-state index contributed by atoms with van der Waals surface area (Å²) in [5.74, 6) is -0.455. The molecule has 0 bridgehead atoms. The van der Waals surface area contributed by atoms with Gasteiger partial charge in [-0.1, -0.05) is 17.3 Å². The van der Waals surface area contributed by atoms with Gasteiger partial charge in [-0.15, -0.1) is 11.3 Å². The summed E-state index contributed by atoms with van der Waals surface area (Å²) in [6.45, 7) is 7.87. The minimum atomic E-state index is -3.73. The number of carbonyl (C=O) groups is 2. The molecule has 15 heteroatoms. The van der Waals surface area contributed by atoms with Gasteiger partial charge in [-0.05, 0) is 19.1 Å². The van der Waals surface area contributed by atoms with Crippen molar-refractivity contribution in [1.29, 1.82) is 0 Å². The number of nitrogens with zero attached hydrogens (tertiary/aromatic N) is 5. The molecule has 230 valence electrons. The van der Waals surface area contributed by atoms with Gasteiger partial charge in [0.1, 0.15) is 0 Å². The fourth-order valence-electron chi connectivity index (χ4n) is 4.71. The second-order valence-corrected chi connectivity index (χ2v) is 13.4. The summed E-state index contributed by atoms with van der Waals surface area (Å²) in [5, 5.41) is 7.36. The van der Waals surface area contributed by atoms with E-state index in [9.17, 15) is 18.0 Å². The first-order chi connectivity index (χ1) is 20.1. The molecule has 2 aromatic rings. The van der Waals surface area contributed by atoms with Crippen LogP contribution in [0.5, 0.6) is 0 Å². The van der Waals surface area contributed by atoms with Crippen molar-refractivity contribution in [1.82, 2.24) is 19.1 Å². The standard InChI is InChI=1S/C27H38N6O7S2/c1-19-16-32(10-11-33(19)20(2)34)17-23-15-28-27(41-23)29-26(35)25(30-40-22-9-13-39-18-22)21-5-7-24(8-6-21)42(36,37)31(3)12-14-38-4/h5-8,15,19,22H,9-14,16-18H2,1-4H3,(H,28,29,35)/t19-,22+/m0/s1. The number of hydrogen-bond donors (Lipinski definition) is 1. The zero-order valence-corrected chi connectivity index (χ0v) is 25.9. The number of methoxy groups -OCH3 is 1. The van der Waals surface area contributed by atoms with Crippen LogP contribution in [0, 0.1) is 0 Å². The normalized spacial score (nSPS) is 20.2. The Hall–Kier alpha value is -2.95. The number of aromatic nitrogens is 1. The largest absolute Gasteiger partial charge is 0.389 e. The number of oxime groups is 1. The third-order valence-corrected chi connectivity index (χ3v) is 9.88. The molecule has 0 aliphatic carbocycles. The SMILES string of the molecule is COCCN(C)S(=O)(=O)c1ccc(C(=NO[C@@H]2CCOC2)C(=O)Nc2ncc(CN3CCN(C(C)=O)[C@@H](C)C3)s2)cc1. The number of thiazole rings is 1. The van der Waals surface area contributed by atoms with E-state index in [4.69, 9.17) is 14.3 Å². The van der Waals surface area contributed by atoms with Crippen LogP contribution in [-0.4, -0.2) is 117 Å². The van der Waals surface area contributed by atoms with E-state index >= 15 is 0 Å². The summed E-state index contributed by atoms with van der Waals surface area (Å²) in [4.78, 5) is 40.3. The predicted octanol–water partition coefficient (Wildman–Crippen LogP) is 1.61. The highest BCUT2D eigenvalue weighted by molar-refractivity contribution is 7.89. The van der Waals surface area contributed by atoms with Gasteiger partial charge in [-0.2, -0.15) is 4.31 Å². The number of anilines is 1. The molecule has 13 nitrogen and oxygen atoms in total. The molecule has 3 heterocycles. The Morgan fingerprint density at radius 1 is 1.26 bits per heavy atom. The van der Waals surface area contributed by atoms with Gasteiger partial charge in [0, 0.05) is 82.9 Å². The van der Waals surface area contributed by atoms with Crippen LogP contribution in [0.25, 0.3) is 0 Å². The molecule has 1 N–H and O–H groups in total. The van der Waals surface area contributed by atoms with Crippen molar-refractivity contribution < 1.29 is 32.3 Å². The van der Waals surface area contributed by atoms with E-state index in [0.29, 0.717) is 43.4 Å². The number of piperazine rings is 1. The van der Waals surface area contributed by atoms with E-state index in [2.05, 4.69) is 20.4 Å². The Morgan fingerprint density at radius 3 is 2.67 bits per heavy atom. The maximum absolute atomic E-state index is 13.4. The highest BCUT2D eigenvalue weighted by Gasteiger charge is 2.27. The summed E-state index contributed by atoms with van der Waals surface area (Å²) in [6, 6.07) is 6.05. The van der Waals surface area contributed by atoms with E-state index in [-0.39, 0.29) is 41.8 Å². The van der Waals surface area contributed by atoms with Crippen LogP contribution in [0.1, 0.15) is 30.7 Å². The summed E-state index contributed by atoms with van der Waals surface area (Å²) in [7, 11) is -0.747. The highest BCUT2D eigenvalue weighted by Crippen LogP contribution is 2.23. The molecule has 42 heavy (non-hydrogen) atoms. The Labute approximate surface area is 250 Å². The van der Waals surface area contributed by atoms with Gasteiger partial charge >= 0.3 is 0 Å². The number of benzene rings is 1. The minimum absolute atomic E-state index is 0.00971. The molecular weight excluding hydrogens is 584 g/mol. The molecule has 2 aliphatic heterocycles. The van der Waals surface area contributed by atoms with E-state index in [0.717, 1.165) is 18.0 Å². The van der Waals surface area contributed by atoms with Crippen molar-refractivity contribution in [2.75, 3.05) is 65.5 Å². The maximum Gasteiger partial charge on any atom is 0.280 e. The molecule has 2 atom stereocenters. The average molecular weight is 623 g/mol. The molecule has 1 aromatic heterocycles. The Bertz CT molecular complexity index is 1360. The molecule has 0 spiro atoms. The fourth-order valence-corrected chi connectivity index (χ4v) is 6.72. The van der Waals surface area contributed by atoms with Crippen molar-refractivity contribution in [2.45, 2.75) is 43.9 Å². The third kappa shape index (κ3) is 8.11. The van der Waals surface area contributed by atoms with Gasteiger partial charge in [0.15, 0.2) is 16.9 Å². The van der Waals surface area contributed by atoms with Crippen LogP contribution in [0.2, 0.25) is 0 Å². The van der Waals surface area contributed by atoms with Crippen molar-refractivity contribution >= 4 is 44.0 Å². The smallest absolute Gasteiger partial charge is 0.280 e. The number of sulfonamides is 1. The lowest BCUT2D eigenvalue weighted by molar-refractivity contribution is -0.133. The minimum Gasteiger partial charge on any atom is -0.389 e. The van der Waals surface area contributed by atoms with E-state index in [1.54, 1.807) is 13.1 Å². The molecule has 2 aliphatic rings. The molecule has 1 aromatic carbocycles. The summed E-state index contributed by atoms with van der Waals surface area (Å²) in [6.07, 6.45) is 2.10. The second kappa shape index (κ2) is 14.5. The number of hydrogen-bond acceptors (Lipinski definition) is 11. The van der Waals surface area contributed by atoms with Gasteiger partial charge in [-0.25, -0.2) is 13.4 Å². The number of amides is 2. The Morgan fingerprint density at radius 2 is 2.02 bits per heavy atom. The first kappa shape index (κ1) is 32.0.